The highest BCUT2D eigenvalue weighted by atomic mass is 16.1. The molecule has 0 saturated heterocycles. The molecule has 3 rings (SSSR count). The first kappa shape index (κ1) is 12.3. The molecule has 0 aliphatic rings. The van der Waals surface area contributed by atoms with Crippen LogP contribution >= 0.6 is 0 Å². The number of rotatable bonds is 4. The van der Waals surface area contributed by atoms with Gasteiger partial charge in [-0.15, -0.1) is 0 Å². The Hall–Kier alpha value is -2.69. The van der Waals surface area contributed by atoms with Crippen LogP contribution in [0.1, 0.15) is 16.2 Å². The highest BCUT2D eigenvalue weighted by Gasteiger charge is 2.06. The summed E-state index contributed by atoms with van der Waals surface area (Å²) >= 11 is 0. The number of hydrogen-bond acceptors (Lipinski definition) is 3. The summed E-state index contributed by atoms with van der Waals surface area (Å²) in [6.45, 7) is 0.553. The molecule has 1 amide bonds. The minimum Gasteiger partial charge on any atom is -0.352 e. The lowest BCUT2D eigenvalue weighted by Gasteiger charge is -2.05. The number of amides is 1. The van der Waals surface area contributed by atoms with E-state index in [0.29, 0.717) is 18.5 Å². The van der Waals surface area contributed by atoms with Gasteiger partial charge in [0.1, 0.15) is 5.82 Å². The van der Waals surface area contributed by atoms with E-state index in [9.17, 15) is 4.79 Å². The second-order valence-corrected chi connectivity index (χ2v) is 4.45. The molecule has 0 unspecified atom stereocenters. The van der Waals surface area contributed by atoms with Crippen LogP contribution in [-0.4, -0.2) is 27.4 Å². The molecule has 2 aromatic heterocycles. The van der Waals surface area contributed by atoms with Gasteiger partial charge in [-0.25, -0.2) is 4.98 Å². The normalized spacial score (nSPS) is 10.6. The molecule has 0 radical (unpaired) electrons. The van der Waals surface area contributed by atoms with E-state index >= 15 is 0 Å². The molecule has 5 nitrogen and oxygen atoms in total. The Morgan fingerprint density at radius 2 is 2.15 bits per heavy atom. The second-order valence-electron chi connectivity index (χ2n) is 4.45. The lowest BCUT2D eigenvalue weighted by molar-refractivity contribution is 0.0954. The van der Waals surface area contributed by atoms with E-state index in [1.807, 2.05) is 24.3 Å². The maximum atomic E-state index is 12.1. The van der Waals surface area contributed by atoms with E-state index in [4.69, 9.17) is 0 Å². The van der Waals surface area contributed by atoms with Crippen molar-refractivity contribution in [2.75, 3.05) is 6.54 Å². The number of nitrogens with one attached hydrogen (secondary N) is 2. The summed E-state index contributed by atoms with van der Waals surface area (Å²) in [6.07, 6.45) is 5.90. The molecule has 0 saturated carbocycles. The van der Waals surface area contributed by atoms with Gasteiger partial charge in [-0.1, -0.05) is 6.07 Å². The number of fused-ring (bicyclic) bond motifs is 1. The van der Waals surface area contributed by atoms with Crippen LogP contribution in [0.5, 0.6) is 0 Å². The predicted octanol–water partition coefficient (Wildman–Crippen LogP) is 1.93. The summed E-state index contributed by atoms with van der Waals surface area (Å²) in [5.74, 6) is 0.787. The molecule has 0 aliphatic carbocycles. The van der Waals surface area contributed by atoms with Crippen molar-refractivity contribution in [2.24, 2.45) is 0 Å². The Morgan fingerprint density at radius 3 is 3.00 bits per heavy atom. The number of hydrogen-bond donors (Lipinski definition) is 2. The molecule has 3 aromatic rings. The van der Waals surface area contributed by atoms with Crippen LogP contribution in [0.25, 0.3) is 10.9 Å². The number of carbonyl (C=O) groups excluding carboxylic acids is 1. The van der Waals surface area contributed by atoms with Gasteiger partial charge in [0.15, 0.2) is 0 Å². The largest absolute Gasteiger partial charge is 0.352 e. The number of pyridine rings is 1. The summed E-state index contributed by atoms with van der Waals surface area (Å²) in [4.78, 5) is 23.4. The van der Waals surface area contributed by atoms with Crippen LogP contribution in [0.15, 0.2) is 48.9 Å². The smallest absolute Gasteiger partial charge is 0.251 e. The first-order chi connectivity index (χ1) is 9.83. The van der Waals surface area contributed by atoms with E-state index in [2.05, 4.69) is 20.3 Å². The minimum atomic E-state index is -0.0812. The van der Waals surface area contributed by atoms with Gasteiger partial charge < -0.3 is 10.3 Å². The lowest BCUT2D eigenvalue weighted by Crippen LogP contribution is -2.25. The molecule has 5 heteroatoms. The van der Waals surface area contributed by atoms with Crippen molar-refractivity contribution in [2.45, 2.75) is 6.42 Å². The average Bonchev–Trinajstić information content (AvgIpc) is 3.00. The average molecular weight is 266 g/mol. The van der Waals surface area contributed by atoms with Crippen molar-refractivity contribution in [1.82, 2.24) is 20.3 Å². The Morgan fingerprint density at radius 1 is 1.20 bits per heavy atom. The van der Waals surface area contributed by atoms with Gasteiger partial charge in [0.25, 0.3) is 5.91 Å². The van der Waals surface area contributed by atoms with E-state index < -0.39 is 0 Å². The third-order valence-corrected chi connectivity index (χ3v) is 3.07. The second kappa shape index (κ2) is 5.52. The quantitative estimate of drug-likeness (QED) is 0.758. The molecule has 1 aromatic carbocycles. The molecule has 0 spiro atoms. The van der Waals surface area contributed by atoms with Crippen molar-refractivity contribution < 1.29 is 4.79 Å². The molecule has 0 aliphatic heterocycles. The van der Waals surface area contributed by atoms with Gasteiger partial charge in [0.05, 0.1) is 5.52 Å². The van der Waals surface area contributed by atoms with Gasteiger partial charge in [0.2, 0.25) is 0 Å². The van der Waals surface area contributed by atoms with Crippen molar-refractivity contribution in [1.29, 1.82) is 0 Å². The fourth-order valence-corrected chi connectivity index (χ4v) is 2.05. The van der Waals surface area contributed by atoms with Gasteiger partial charge >= 0.3 is 0 Å². The summed E-state index contributed by atoms with van der Waals surface area (Å²) in [5.41, 5.74) is 1.53. The summed E-state index contributed by atoms with van der Waals surface area (Å²) in [5, 5.41) is 3.85. The molecular formula is C15H14N4O. The molecule has 0 bridgehead atoms. The minimum absolute atomic E-state index is 0.0812. The summed E-state index contributed by atoms with van der Waals surface area (Å²) in [6, 6.07) is 9.31. The Bertz CT molecular complexity index is 722. The zero-order valence-electron chi connectivity index (χ0n) is 10.8. The number of aromatic nitrogens is 3. The van der Waals surface area contributed by atoms with Crippen molar-refractivity contribution >= 4 is 16.8 Å². The molecule has 0 atom stereocenters. The Balaban J connectivity index is 1.66. The van der Waals surface area contributed by atoms with Gasteiger partial charge in [-0.05, 0) is 24.3 Å². The van der Waals surface area contributed by atoms with Crippen molar-refractivity contribution in [3.05, 3.63) is 60.3 Å². The predicted molar refractivity (Wildman–Crippen MR) is 76.4 cm³/mol. The molecule has 100 valence electrons. The third-order valence-electron chi connectivity index (χ3n) is 3.07. The Labute approximate surface area is 116 Å². The standard InChI is InChI=1S/C15H14N4O/c20-15(19-7-5-14-17-8-9-18-14)12-3-4-13-11(10-12)2-1-6-16-13/h1-4,6,8-10H,5,7H2,(H,17,18)(H,19,20). The molecule has 2 N–H and O–H groups in total. The number of aromatic amines is 1. The highest BCUT2D eigenvalue weighted by Crippen LogP contribution is 2.13. The van der Waals surface area contributed by atoms with Crippen LogP contribution in [0.2, 0.25) is 0 Å². The maximum absolute atomic E-state index is 12.1. The summed E-state index contributed by atoms with van der Waals surface area (Å²) < 4.78 is 0. The third kappa shape index (κ3) is 2.66. The fraction of sp³-hybridized carbons (Fsp3) is 0.133. The number of nitrogens with zero attached hydrogens (tertiary/aromatic N) is 2. The molecular weight excluding hydrogens is 252 g/mol. The van der Waals surface area contributed by atoms with E-state index in [0.717, 1.165) is 16.7 Å². The van der Waals surface area contributed by atoms with E-state index in [1.165, 1.54) is 0 Å². The molecule has 20 heavy (non-hydrogen) atoms. The Kier molecular flexibility index (Phi) is 3.41. The number of imidazole rings is 1. The van der Waals surface area contributed by atoms with Crippen LogP contribution in [0.4, 0.5) is 0 Å². The maximum Gasteiger partial charge on any atom is 0.251 e. The van der Waals surface area contributed by atoms with Crippen LogP contribution in [-0.2, 0) is 6.42 Å². The van der Waals surface area contributed by atoms with Gasteiger partial charge in [0, 0.05) is 42.5 Å². The van der Waals surface area contributed by atoms with Crippen molar-refractivity contribution in [3.8, 4) is 0 Å². The SMILES string of the molecule is O=C(NCCc1ncc[nH]1)c1ccc2ncccc2c1. The zero-order chi connectivity index (χ0) is 13.8. The number of benzene rings is 1. The summed E-state index contributed by atoms with van der Waals surface area (Å²) in [7, 11) is 0. The van der Waals surface area contributed by atoms with Gasteiger partial charge in [-0.2, -0.15) is 0 Å². The van der Waals surface area contributed by atoms with Crippen LogP contribution in [0, 0.1) is 0 Å². The number of carbonyl (C=O) groups is 1. The van der Waals surface area contributed by atoms with Crippen molar-refractivity contribution in [3.63, 3.8) is 0 Å². The van der Waals surface area contributed by atoms with E-state index in [-0.39, 0.29) is 5.91 Å². The molecule has 0 fully saturated rings. The van der Waals surface area contributed by atoms with Crippen LogP contribution in [0.3, 0.4) is 0 Å². The molecule has 2 heterocycles. The monoisotopic (exact) mass is 266 g/mol. The fourth-order valence-electron chi connectivity index (χ4n) is 2.05. The first-order valence-electron chi connectivity index (χ1n) is 6.44. The van der Waals surface area contributed by atoms with Crippen LogP contribution < -0.4 is 5.32 Å². The first-order valence-corrected chi connectivity index (χ1v) is 6.44. The van der Waals surface area contributed by atoms with E-state index in [1.54, 1.807) is 24.7 Å². The number of H-pyrrole nitrogens is 1. The topological polar surface area (TPSA) is 70.7 Å². The zero-order valence-corrected chi connectivity index (χ0v) is 10.8. The van der Waals surface area contributed by atoms with Gasteiger partial charge in [-0.3, -0.25) is 9.78 Å². The highest BCUT2D eigenvalue weighted by molar-refractivity contribution is 5.97. The lowest BCUT2D eigenvalue weighted by atomic mass is 10.1.